The Hall–Kier alpha value is -1.82. The average Bonchev–Trinajstić information content (AvgIpc) is 3.76. The number of fused-ring (bicyclic) bond motifs is 5. The molecule has 5 nitrogen and oxygen atoms in total. The van der Waals surface area contributed by atoms with Crippen LogP contribution in [0.15, 0.2) is 35.4 Å². The Morgan fingerprint density at radius 3 is 2.52 bits per heavy atom. The quantitative estimate of drug-likeness (QED) is 0.357. The van der Waals surface area contributed by atoms with Crippen molar-refractivity contribution in [3.63, 3.8) is 0 Å². The molecule has 7 rings (SSSR count). The molecule has 0 radical (unpaired) electrons. The first-order valence-corrected chi connectivity index (χ1v) is 17.2. The largest absolute Gasteiger partial charge is 0.493 e. The molecule has 2 saturated heterocycles. The number of methoxy groups -OCH3 is 1. The zero-order chi connectivity index (χ0) is 28.9. The van der Waals surface area contributed by atoms with Gasteiger partial charge in [-0.05, 0) is 143 Å². The van der Waals surface area contributed by atoms with Crippen LogP contribution in [-0.4, -0.2) is 73.5 Å². The van der Waals surface area contributed by atoms with Gasteiger partial charge in [0, 0.05) is 18.0 Å². The van der Waals surface area contributed by atoms with E-state index in [2.05, 4.69) is 47.9 Å². The van der Waals surface area contributed by atoms with Gasteiger partial charge >= 0.3 is 0 Å². The van der Waals surface area contributed by atoms with Crippen LogP contribution in [-0.2, 0) is 0 Å². The highest BCUT2D eigenvalue weighted by Crippen LogP contribution is 2.66. The molecule has 0 spiro atoms. The molecule has 0 aromatic heterocycles. The minimum absolute atomic E-state index is 0.0248. The van der Waals surface area contributed by atoms with Gasteiger partial charge in [0.1, 0.15) is 6.61 Å². The number of benzene rings is 1. The van der Waals surface area contributed by atoms with Crippen LogP contribution in [0.1, 0.15) is 90.0 Å². The summed E-state index contributed by atoms with van der Waals surface area (Å²) in [6.07, 6.45) is 18.6. The molecular weight excluding hydrogens is 520 g/mol. The van der Waals surface area contributed by atoms with Crippen LogP contribution >= 0.6 is 0 Å². The monoisotopic (exact) mass is 574 g/mol. The van der Waals surface area contributed by atoms with Crippen molar-refractivity contribution in [3.05, 3.63) is 41.0 Å². The van der Waals surface area contributed by atoms with Crippen molar-refractivity contribution >= 4 is 6.08 Å². The predicted octanol–water partition coefficient (Wildman–Crippen LogP) is 6.95. The lowest BCUT2D eigenvalue weighted by Crippen LogP contribution is -2.52. The van der Waals surface area contributed by atoms with E-state index in [0.717, 1.165) is 48.4 Å². The van der Waals surface area contributed by atoms with Gasteiger partial charge in [-0.1, -0.05) is 37.6 Å². The van der Waals surface area contributed by atoms with Crippen molar-refractivity contribution < 1.29 is 14.6 Å². The van der Waals surface area contributed by atoms with Crippen LogP contribution in [0.5, 0.6) is 11.5 Å². The Morgan fingerprint density at radius 1 is 0.952 bits per heavy atom. The fourth-order valence-corrected chi connectivity index (χ4v) is 10.5. The van der Waals surface area contributed by atoms with E-state index in [-0.39, 0.29) is 11.5 Å². The first kappa shape index (κ1) is 28.9. The maximum atomic E-state index is 11.8. The molecule has 5 heteroatoms. The molecule has 3 saturated carbocycles. The molecule has 2 aliphatic heterocycles. The molecule has 7 atom stereocenters. The second-order valence-electron chi connectivity index (χ2n) is 15.1. The zero-order valence-electron chi connectivity index (χ0n) is 26.5. The van der Waals surface area contributed by atoms with Crippen molar-refractivity contribution in [1.82, 2.24) is 9.80 Å². The van der Waals surface area contributed by atoms with E-state index in [1.54, 1.807) is 12.7 Å². The van der Waals surface area contributed by atoms with E-state index in [4.69, 9.17) is 9.47 Å². The molecule has 42 heavy (non-hydrogen) atoms. The lowest BCUT2D eigenvalue weighted by atomic mass is 9.48. The van der Waals surface area contributed by atoms with Crippen molar-refractivity contribution in [1.29, 1.82) is 0 Å². The van der Waals surface area contributed by atoms with E-state index in [1.807, 2.05) is 6.07 Å². The highest BCUT2D eigenvalue weighted by atomic mass is 16.5. The molecule has 4 aliphatic carbocycles. The van der Waals surface area contributed by atoms with Gasteiger partial charge < -0.3 is 19.5 Å². The summed E-state index contributed by atoms with van der Waals surface area (Å²) in [5.41, 5.74) is 4.44. The van der Waals surface area contributed by atoms with Gasteiger partial charge in [0.2, 0.25) is 0 Å². The Balaban J connectivity index is 1.08. The third-order valence-electron chi connectivity index (χ3n) is 13.0. The topological polar surface area (TPSA) is 45.2 Å². The standard InChI is InChI=1S/C37H54N2O3/c1-36-14-12-29(39-18-6-7-19-39)25-28(36)9-10-30-31(36)13-15-37(2)32(30)24-27(35(37)40)22-26-8-11-33(41-3)34(23-26)42-21-20-38-16-4-5-17-38/h8-9,11,22-23,29-32,35,40H,4-7,10,12-21,24-25H2,1-3H3/b27-22+/t29-,30+,31-,32-,35-,36-,37-/m0/s1. The zero-order valence-corrected chi connectivity index (χ0v) is 26.5. The maximum Gasteiger partial charge on any atom is 0.161 e. The summed E-state index contributed by atoms with van der Waals surface area (Å²) in [5, 5.41) is 11.8. The second kappa shape index (κ2) is 11.6. The van der Waals surface area contributed by atoms with Crippen LogP contribution in [0, 0.1) is 28.6 Å². The molecular formula is C37H54N2O3. The predicted molar refractivity (Wildman–Crippen MR) is 170 cm³/mol. The van der Waals surface area contributed by atoms with Crippen LogP contribution in [0.2, 0.25) is 0 Å². The molecule has 2 heterocycles. The molecule has 0 bridgehead atoms. The van der Waals surface area contributed by atoms with Gasteiger partial charge in [-0.3, -0.25) is 4.90 Å². The summed E-state index contributed by atoms with van der Waals surface area (Å²) < 4.78 is 11.9. The normalized spacial score (nSPS) is 39.6. The number of rotatable bonds is 7. The van der Waals surface area contributed by atoms with Crippen molar-refractivity contribution in [2.24, 2.45) is 28.6 Å². The molecule has 0 amide bonds. The summed E-state index contributed by atoms with van der Waals surface area (Å²) in [6.45, 7) is 11.6. The smallest absolute Gasteiger partial charge is 0.161 e. The number of hydrogen-bond acceptors (Lipinski definition) is 5. The molecule has 1 N–H and O–H groups in total. The lowest BCUT2D eigenvalue weighted by Gasteiger charge is -2.58. The fraction of sp³-hybridized carbons (Fsp3) is 0.730. The van der Waals surface area contributed by atoms with Gasteiger partial charge in [0.05, 0.1) is 13.2 Å². The Morgan fingerprint density at radius 2 is 1.74 bits per heavy atom. The number of ether oxygens (including phenoxy) is 2. The van der Waals surface area contributed by atoms with E-state index < -0.39 is 0 Å². The lowest BCUT2D eigenvalue weighted by molar-refractivity contribution is -0.0662. The highest BCUT2D eigenvalue weighted by Gasteiger charge is 2.59. The number of hydrogen-bond donors (Lipinski definition) is 1. The van der Waals surface area contributed by atoms with Gasteiger partial charge in [-0.25, -0.2) is 0 Å². The summed E-state index contributed by atoms with van der Waals surface area (Å²) in [4.78, 5) is 5.27. The first-order valence-electron chi connectivity index (χ1n) is 17.2. The van der Waals surface area contributed by atoms with E-state index in [1.165, 1.54) is 89.5 Å². The second-order valence-corrected chi connectivity index (χ2v) is 15.1. The van der Waals surface area contributed by atoms with E-state index in [0.29, 0.717) is 23.9 Å². The summed E-state index contributed by atoms with van der Waals surface area (Å²) in [6, 6.07) is 7.04. The summed E-state index contributed by atoms with van der Waals surface area (Å²) >= 11 is 0. The Labute approximate surface area is 254 Å². The first-order chi connectivity index (χ1) is 20.4. The molecule has 0 unspecified atom stereocenters. The van der Waals surface area contributed by atoms with Gasteiger partial charge in [-0.15, -0.1) is 0 Å². The van der Waals surface area contributed by atoms with E-state index in [9.17, 15) is 5.11 Å². The molecule has 6 aliphatic rings. The summed E-state index contributed by atoms with van der Waals surface area (Å²) in [5.74, 6) is 3.59. The van der Waals surface area contributed by atoms with Crippen molar-refractivity contribution in [2.75, 3.05) is 46.4 Å². The van der Waals surface area contributed by atoms with Crippen molar-refractivity contribution in [3.8, 4) is 11.5 Å². The van der Waals surface area contributed by atoms with Crippen LogP contribution in [0.4, 0.5) is 0 Å². The molecule has 230 valence electrons. The van der Waals surface area contributed by atoms with Crippen LogP contribution in [0.3, 0.4) is 0 Å². The van der Waals surface area contributed by atoms with Gasteiger partial charge in [0.25, 0.3) is 0 Å². The molecule has 5 fully saturated rings. The highest BCUT2D eigenvalue weighted by molar-refractivity contribution is 5.60. The number of aliphatic hydroxyl groups is 1. The third kappa shape index (κ3) is 5.06. The Bertz CT molecular complexity index is 1200. The fourth-order valence-electron chi connectivity index (χ4n) is 10.5. The third-order valence-corrected chi connectivity index (χ3v) is 13.0. The number of likely N-dealkylation sites (tertiary alicyclic amines) is 2. The number of nitrogens with zero attached hydrogens (tertiary/aromatic N) is 2. The molecule has 1 aromatic carbocycles. The van der Waals surface area contributed by atoms with Gasteiger partial charge in [0.15, 0.2) is 11.5 Å². The minimum Gasteiger partial charge on any atom is -0.493 e. The van der Waals surface area contributed by atoms with Gasteiger partial charge in [-0.2, -0.15) is 0 Å². The van der Waals surface area contributed by atoms with Crippen LogP contribution < -0.4 is 9.47 Å². The molecule has 1 aromatic rings. The maximum absolute atomic E-state index is 11.8. The minimum atomic E-state index is -0.367. The van der Waals surface area contributed by atoms with Crippen molar-refractivity contribution in [2.45, 2.75) is 96.6 Å². The van der Waals surface area contributed by atoms with E-state index >= 15 is 0 Å². The Kier molecular flexibility index (Phi) is 7.99. The average molecular weight is 575 g/mol. The SMILES string of the molecule is COc1ccc(/C=C2\C[C@H]3[C@@H]4CC=C5C[C@@H](N6CCCC6)CC[C@]5(C)[C@H]4CC[C@]3(C)[C@H]2O)cc1OCCN1CCCC1. The number of allylic oxidation sites excluding steroid dienone is 1. The summed E-state index contributed by atoms with van der Waals surface area (Å²) in [7, 11) is 1.72. The van der Waals surface area contributed by atoms with Crippen LogP contribution in [0.25, 0.3) is 6.08 Å². The number of aliphatic hydroxyl groups excluding tert-OH is 1.